The number of aliphatic hydroxyl groups is 1. The van der Waals surface area contributed by atoms with Crippen molar-refractivity contribution in [1.82, 2.24) is 9.80 Å². The molecule has 2 fully saturated rings. The van der Waals surface area contributed by atoms with E-state index in [-0.39, 0.29) is 30.1 Å². The van der Waals surface area contributed by atoms with Crippen molar-refractivity contribution in [3.8, 4) is 0 Å². The number of rotatable bonds is 3. The Hall–Kier alpha value is -1.28. The number of ether oxygens (including phenoxy) is 1. The van der Waals surface area contributed by atoms with Gasteiger partial charge in [-0.2, -0.15) is 0 Å². The molecular formula is C20H33N3O4S. The summed E-state index contributed by atoms with van der Waals surface area (Å²) in [6.07, 6.45) is 5.13. The van der Waals surface area contributed by atoms with Gasteiger partial charge in [0.15, 0.2) is 6.23 Å². The molecule has 1 N–H and O–H groups in total. The number of nitrogens with zero attached hydrogens (tertiary/aromatic N) is 3. The molecule has 7 nitrogen and oxygen atoms in total. The molecule has 28 heavy (non-hydrogen) atoms. The molecule has 0 aromatic heterocycles. The topological polar surface area (TPSA) is 82.4 Å². The molecule has 3 rings (SSSR count). The molecule has 2 aliphatic heterocycles. The van der Waals surface area contributed by atoms with E-state index in [1.165, 1.54) is 18.2 Å². The third-order valence-electron chi connectivity index (χ3n) is 5.57. The zero-order chi connectivity index (χ0) is 20.5. The van der Waals surface area contributed by atoms with E-state index >= 15 is 0 Å². The molecule has 0 aromatic carbocycles. The van der Waals surface area contributed by atoms with Gasteiger partial charge in [-0.3, -0.25) is 9.69 Å². The SMILES string of the molecule is CC(=O)N(C1CCCCC1)[C@H]1C[C@H](C2=NC(O)CS2)N(C(=O)OC(C)(C)C)C1. The first-order valence-corrected chi connectivity index (χ1v) is 11.3. The van der Waals surface area contributed by atoms with Gasteiger partial charge in [0.2, 0.25) is 5.91 Å². The zero-order valence-corrected chi connectivity index (χ0v) is 18.2. The first-order chi connectivity index (χ1) is 13.2. The number of aliphatic imine (C=N–C) groups is 1. The molecule has 8 heteroatoms. The van der Waals surface area contributed by atoms with Gasteiger partial charge >= 0.3 is 6.09 Å². The molecule has 3 atom stereocenters. The van der Waals surface area contributed by atoms with Crippen molar-refractivity contribution in [1.29, 1.82) is 0 Å². The van der Waals surface area contributed by atoms with Crippen LogP contribution in [0.25, 0.3) is 0 Å². The van der Waals surface area contributed by atoms with Crippen LogP contribution in [0, 0.1) is 0 Å². The van der Waals surface area contributed by atoms with E-state index in [0.717, 1.165) is 30.7 Å². The summed E-state index contributed by atoms with van der Waals surface area (Å²) in [4.78, 5) is 33.5. The zero-order valence-electron chi connectivity index (χ0n) is 17.4. The summed E-state index contributed by atoms with van der Waals surface area (Å²) in [5.74, 6) is 0.584. The van der Waals surface area contributed by atoms with Crippen LogP contribution >= 0.6 is 11.8 Å². The highest BCUT2D eigenvalue weighted by Gasteiger charge is 2.45. The van der Waals surface area contributed by atoms with Gasteiger partial charge in [0, 0.05) is 25.3 Å². The highest BCUT2D eigenvalue weighted by atomic mass is 32.2. The summed E-state index contributed by atoms with van der Waals surface area (Å²) in [7, 11) is 0. The van der Waals surface area contributed by atoms with E-state index < -0.39 is 11.8 Å². The van der Waals surface area contributed by atoms with Crippen LogP contribution in [-0.4, -0.2) is 74.2 Å². The lowest BCUT2D eigenvalue weighted by Crippen LogP contribution is -2.48. The van der Waals surface area contributed by atoms with Gasteiger partial charge in [0.05, 0.1) is 17.1 Å². The maximum Gasteiger partial charge on any atom is 0.410 e. The van der Waals surface area contributed by atoms with Crippen LogP contribution in [0.15, 0.2) is 4.99 Å². The van der Waals surface area contributed by atoms with Crippen LogP contribution in [0.5, 0.6) is 0 Å². The van der Waals surface area contributed by atoms with E-state index in [0.29, 0.717) is 18.7 Å². The van der Waals surface area contributed by atoms with E-state index in [1.807, 2.05) is 25.7 Å². The first-order valence-electron chi connectivity index (χ1n) is 10.3. The van der Waals surface area contributed by atoms with Crippen molar-refractivity contribution in [2.75, 3.05) is 12.3 Å². The molecule has 1 saturated heterocycles. The fourth-order valence-electron chi connectivity index (χ4n) is 4.51. The van der Waals surface area contributed by atoms with Crippen LogP contribution in [0.3, 0.4) is 0 Å². The minimum Gasteiger partial charge on any atom is -0.444 e. The van der Waals surface area contributed by atoms with Crippen molar-refractivity contribution >= 4 is 28.8 Å². The molecule has 0 bridgehead atoms. The first kappa shape index (κ1) is 21.4. The lowest BCUT2D eigenvalue weighted by atomic mass is 9.92. The predicted molar refractivity (Wildman–Crippen MR) is 110 cm³/mol. The second-order valence-electron chi connectivity index (χ2n) is 9.02. The van der Waals surface area contributed by atoms with Gasteiger partial charge in [0.25, 0.3) is 0 Å². The number of amides is 2. The van der Waals surface area contributed by atoms with E-state index in [9.17, 15) is 14.7 Å². The van der Waals surface area contributed by atoms with Crippen molar-refractivity contribution in [2.24, 2.45) is 4.99 Å². The number of thioether (sulfide) groups is 1. The van der Waals surface area contributed by atoms with Gasteiger partial charge in [-0.15, -0.1) is 11.8 Å². The number of hydrogen-bond donors (Lipinski definition) is 1. The number of carbonyl (C=O) groups excluding carboxylic acids is 2. The molecule has 0 radical (unpaired) electrons. The summed E-state index contributed by atoms with van der Waals surface area (Å²) in [6.45, 7) is 7.63. The molecular weight excluding hydrogens is 378 g/mol. The van der Waals surface area contributed by atoms with Crippen LogP contribution in [0.2, 0.25) is 0 Å². The second kappa shape index (κ2) is 8.61. The molecule has 0 aromatic rings. The smallest absolute Gasteiger partial charge is 0.410 e. The van der Waals surface area contributed by atoms with Crippen LogP contribution < -0.4 is 0 Å². The summed E-state index contributed by atoms with van der Waals surface area (Å²) >= 11 is 1.49. The van der Waals surface area contributed by atoms with Gasteiger partial charge in [0.1, 0.15) is 5.60 Å². The van der Waals surface area contributed by atoms with Crippen LogP contribution in [0.1, 0.15) is 66.2 Å². The summed E-state index contributed by atoms with van der Waals surface area (Å²) < 4.78 is 5.63. The molecule has 2 amide bonds. The van der Waals surface area contributed by atoms with Crippen LogP contribution in [0.4, 0.5) is 4.79 Å². The predicted octanol–water partition coefficient (Wildman–Crippen LogP) is 3.01. The summed E-state index contributed by atoms with van der Waals surface area (Å²) in [5.41, 5.74) is -0.590. The van der Waals surface area contributed by atoms with E-state index in [1.54, 1.807) is 11.8 Å². The second-order valence-corrected chi connectivity index (χ2v) is 10.1. The fraction of sp³-hybridized carbons (Fsp3) is 0.850. The standard InChI is InChI=1S/C20H33N3O4S/c1-13(24)23(14-8-6-5-7-9-14)15-10-16(18-21-17(25)12-28-18)22(11-15)19(26)27-20(2,3)4/h14-17,25H,5-12H2,1-4H3/t15-,16+,17?/m0/s1. The molecule has 158 valence electrons. The molecule has 2 heterocycles. The normalized spacial score (nSPS) is 29.0. The molecule has 1 aliphatic carbocycles. The molecule has 3 aliphatic rings. The lowest BCUT2D eigenvalue weighted by Gasteiger charge is -2.38. The Morgan fingerprint density at radius 1 is 1.21 bits per heavy atom. The van der Waals surface area contributed by atoms with E-state index in [2.05, 4.69) is 4.99 Å². The van der Waals surface area contributed by atoms with Crippen molar-refractivity contribution in [3.63, 3.8) is 0 Å². The quantitative estimate of drug-likeness (QED) is 0.772. The molecule has 1 unspecified atom stereocenters. The Morgan fingerprint density at radius 2 is 1.89 bits per heavy atom. The Kier molecular flexibility index (Phi) is 6.59. The third kappa shape index (κ3) is 5.00. The maximum absolute atomic E-state index is 12.9. The average Bonchev–Trinajstić information content (AvgIpc) is 3.21. The minimum atomic E-state index is -0.721. The molecule has 1 saturated carbocycles. The van der Waals surface area contributed by atoms with Gasteiger partial charge in [-0.25, -0.2) is 9.79 Å². The van der Waals surface area contributed by atoms with Crippen LogP contribution in [-0.2, 0) is 9.53 Å². The van der Waals surface area contributed by atoms with Gasteiger partial charge in [-0.05, 0) is 40.0 Å². The van der Waals surface area contributed by atoms with Gasteiger partial charge < -0.3 is 14.7 Å². The number of carbonyl (C=O) groups is 2. The lowest BCUT2D eigenvalue weighted by molar-refractivity contribution is -0.134. The summed E-state index contributed by atoms with van der Waals surface area (Å²) in [5, 5.41) is 10.6. The largest absolute Gasteiger partial charge is 0.444 e. The molecule has 0 spiro atoms. The monoisotopic (exact) mass is 411 g/mol. The van der Waals surface area contributed by atoms with Crippen molar-refractivity contribution in [2.45, 2.75) is 96.2 Å². The highest BCUT2D eigenvalue weighted by molar-refractivity contribution is 8.14. The van der Waals surface area contributed by atoms with Crippen molar-refractivity contribution < 1.29 is 19.4 Å². The minimum absolute atomic E-state index is 0.0424. The maximum atomic E-state index is 12.9. The van der Waals surface area contributed by atoms with Crippen molar-refractivity contribution in [3.05, 3.63) is 0 Å². The Labute approximate surface area is 171 Å². The highest BCUT2D eigenvalue weighted by Crippen LogP contribution is 2.34. The number of aliphatic hydroxyl groups excluding tert-OH is 1. The fourth-order valence-corrected chi connectivity index (χ4v) is 5.51. The Bertz CT molecular complexity index is 627. The Morgan fingerprint density at radius 3 is 2.43 bits per heavy atom. The third-order valence-corrected chi connectivity index (χ3v) is 6.71. The Balaban J connectivity index is 1.82. The number of likely N-dealkylation sites (tertiary alicyclic amines) is 1. The summed E-state index contributed by atoms with van der Waals surface area (Å²) in [6, 6.07) is -0.0363. The average molecular weight is 412 g/mol. The van der Waals surface area contributed by atoms with E-state index in [4.69, 9.17) is 4.74 Å². The van der Waals surface area contributed by atoms with Gasteiger partial charge in [-0.1, -0.05) is 19.3 Å². The number of hydrogen-bond acceptors (Lipinski definition) is 6.